The van der Waals surface area contributed by atoms with E-state index in [1.165, 1.54) is 31.2 Å². The van der Waals surface area contributed by atoms with Gasteiger partial charge in [0.25, 0.3) is 0 Å². The maximum Gasteiger partial charge on any atom is 0.327 e. The number of fused-ring (bicyclic) bond motifs is 6. The van der Waals surface area contributed by atoms with E-state index in [-0.39, 0.29) is 75.5 Å². The van der Waals surface area contributed by atoms with Gasteiger partial charge in [-0.05, 0) is 90.7 Å². The third kappa shape index (κ3) is 26.6. The van der Waals surface area contributed by atoms with E-state index in [9.17, 15) is 54.0 Å². The smallest absolute Gasteiger partial charge is 0.327 e. The van der Waals surface area contributed by atoms with Crippen molar-refractivity contribution in [1.29, 1.82) is 0 Å². The lowest BCUT2D eigenvalue weighted by atomic mass is 9.99. The molecule has 3 heterocycles. The number of carboxylic acids is 1. The van der Waals surface area contributed by atoms with E-state index in [0.29, 0.717) is 45.3 Å². The number of hydrogen-bond donors (Lipinski definition) is 20. The van der Waals surface area contributed by atoms with Crippen LogP contribution < -0.4 is 80.6 Å². The van der Waals surface area contributed by atoms with Gasteiger partial charge in [-0.25, -0.2) is 4.79 Å². The van der Waals surface area contributed by atoms with Crippen LogP contribution in [0.25, 0.3) is 10.9 Å². The summed E-state index contributed by atoms with van der Waals surface area (Å²) in [5.74, 6) is -15.7. The van der Waals surface area contributed by atoms with Crippen LogP contribution in [0.15, 0.2) is 140 Å². The molecule has 600 valence electrons. The third-order valence-electron chi connectivity index (χ3n) is 18.5. The lowest BCUT2D eigenvalue weighted by molar-refractivity contribution is -0.142. The molecule has 6 aromatic rings. The van der Waals surface area contributed by atoms with Crippen molar-refractivity contribution in [3.8, 4) is 5.75 Å². The first-order valence-corrected chi connectivity index (χ1v) is 39.2. The van der Waals surface area contributed by atoms with E-state index < -0.39 is 181 Å². The minimum absolute atomic E-state index is 0.0582. The number of hydrogen-bond acceptors (Lipinski definition) is 21. The first-order valence-electron chi connectivity index (χ1n) is 36.7. The number of phenolic OH excluding ortho intramolecular Hbond substituents is 1. The highest BCUT2D eigenvalue weighted by Gasteiger charge is 2.40. The number of carboxylic acid groups (broad SMARTS) is 1. The van der Waals surface area contributed by atoms with Crippen LogP contribution in [0.2, 0.25) is 0 Å². The highest BCUT2D eigenvalue weighted by atomic mass is 33.1. The molecule has 2 fully saturated rings. The van der Waals surface area contributed by atoms with E-state index >= 15 is 28.8 Å². The lowest BCUT2D eigenvalue weighted by Gasteiger charge is -2.29. The molecule has 2 aliphatic rings. The number of H-pyrrole nitrogens is 1. The molecule has 0 unspecified atom stereocenters. The molecule has 2 saturated heterocycles. The number of carbonyl (C=O) groups is 13. The van der Waals surface area contributed by atoms with E-state index in [2.05, 4.69) is 74.1 Å². The van der Waals surface area contributed by atoms with Gasteiger partial charge >= 0.3 is 5.97 Å². The van der Waals surface area contributed by atoms with Crippen molar-refractivity contribution in [3.05, 3.63) is 173 Å². The van der Waals surface area contributed by atoms with Gasteiger partial charge < -0.3 is 106 Å². The van der Waals surface area contributed by atoms with Crippen LogP contribution in [0, 0.1) is 0 Å². The Bertz CT molecular complexity index is 4240. The number of carbonyl (C=O) groups excluding carboxylic acids is 12. The molecule has 2 bridgehead atoms. The van der Waals surface area contributed by atoms with E-state index in [1.807, 2.05) is 26.0 Å². The fraction of sp³-hybridized carbons (Fsp3) is 0.416. The second-order valence-corrected chi connectivity index (χ2v) is 30.2. The number of aliphatic hydroxyl groups excluding tert-OH is 2. The van der Waals surface area contributed by atoms with Crippen molar-refractivity contribution < 1.29 is 82.8 Å². The van der Waals surface area contributed by atoms with Gasteiger partial charge in [-0.3, -0.25) is 57.5 Å². The minimum atomic E-state index is -2.05. The average molecular weight is 1580 g/mol. The zero-order valence-corrected chi connectivity index (χ0v) is 63.7. The fourth-order valence-corrected chi connectivity index (χ4v) is 14.5. The number of aromatic amines is 1. The molecule has 112 heavy (non-hydrogen) atoms. The van der Waals surface area contributed by atoms with Gasteiger partial charge in [-0.15, -0.1) is 0 Å². The maximum absolute atomic E-state index is 15.5. The third-order valence-corrected chi connectivity index (χ3v) is 20.9. The highest BCUT2D eigenvalue weighted by molar-refractivity contribution is 8.76. The number of phenols is 1. The van der Waals surface area contributed by atoms with Crippen LogP contribution in [0.3, 0.4) is 0 Å². The Hall–Kier alpha value is -11.0. The normalized spacial score (nSPS) is 23.5. The summed E-state index contributed by atoms with van der Waals surface area (Å²) in [5, 5.41) is 77.1. The molecule has 5 aromatic carbocycles. The first kappa shape index (κ1) is 86.6. The van der Waals surface area contributed by atoms with E-state index in [0.717, 1.165) is 27.2 Å². The van der Waals surface area contributed by atoms with Gasteiger partial charge in [-0.1, -0.05) is 151 Å². The molecule has 0 aliphatic carbocycles. The monoisotopic (exact) mass is 1580 g/mol. The first-order chi connectivity index (χ1) is 53.6. The SMILES string of the molecule is CC(C)NCc1ccc(C[C@@H]2NC(=O)[C@@H](Cc3c[nH]c4ccccc34)NC(=O)[C@H](Cc3ccccc3)NC(=O)[C@@H]3CC(=O)NC[C@H](NC(=O)[C@H](Cc4ccccc4)NC(=O)[C@H]([C@@H](C)O)NC2=O)C(=O)N[C@@H](CO)C(=O)N[C@H](C(=O)O)CSSC[C@H](NC(=O)[C@@H](N)Cc2ccc(O)cc2)C(=O)N[C@@H](CCCCN)C(=O)N3)cc1. The van der Waals surface area contributed by atoms with Crippen molar-refractivity contribution in [1.82, 2.24) is 74.1 Å². The average Bonchev–Trinajstić information content (AvgIpc) is 1.65. The fourth-order valence-electron chi connectivity index (χ4n) is 12.2. The zero-order valence-electron chi connectivity index (χ0n) is 62.0. The summed E-state index contributed by atoms with van der Waals surface area (Å²) in [6, 6.07) is 15.5. The number of para-hydroxylation sites is 1. The molecular weight excluding hydrogens is 1490 g/mol. The molecule has 0 spiro atoms. The predicted molar refractivity (Wildman–Crippen MR) is 417 cm³/mol. The largest absolute Gasteiger partial charge is 0.508 e. The summed E-state index contributed by atoms with van der Waals surface area (Å²) in [5.41, 5.74) is 16.2. The second kappa shape index (κ2) is 43.0. The summed E-state index contributed by atoms with van der Waals surface area (Å²) < 4.78 is 0. The van der Waals surface area contributed by atoms with E-state index in [4.69, 9.17) is 11.5 Å². The Labute approximate surface area is 654 Å². The summed E-state index contributed by atoms with van der Waals surface area (Å²) >= 11 is 0. The molecular formula is C77H98N16O17S2. The number of rotatable bonds is 22. The Morgan fingerprint density at radius 2 is 1.02 bits per heavy atom. The molecule has 0 radical (unpaired) electrons. The van der Waals surface area contributed by atoms with Crippen LogP contribution in [0.1, 0.15) is 79.8 Å². The van der Waals surface area contributed by atoms with E-state index in [1.54, 1.807) is 103 Å². The van der Waals surface area contributed by atoms with Crippen LogP contribution in [0.5, 0.6) is 5.75 Å². The molecule has 2 aliphatic heterocycles. The van der Waals surface area contributed by atoms with Gasteiger partial charge in [0.2, 0.25) is 70.9 Å². The van der Waals surface area contributed by atoms with Crippen LogP contribution in [-0.4, -0.2) is 218 Å². The maximum atomic E-state index is 15.5. The number of aliphatic carboxylic acids is 1. The quantitative estimate of drug-likeness (QED) is 0.0259. The predicted octanol–water partition coefficient (Wildman–Crippen LogP) is -1.95. The minimum Gasteiger partial charge on any atom is -0.508 e. The van der Waals surface area contributed by atoms with Gasteiger partial charge in [0.15, 0.2) is 0 Å². The lowest BCUT2D eigenvalue weighted by Crippen LogP contribution is -2.63. The molecule has 13 atom stereocenters. The Kier molecular flexibility index (Phi) is 33.3. The number of unbranched alkanes of at least 4 members (excludes halogenated alkanes) is 1. The van der Waals surface area contributed by atoms with Gasteiger partial charge in [0, 0.05) is 73.4 Å². The molecule has 0 saturated carbocycles. The molecule has 33 nitrogen and oxygen atoms in total. The summed E-state index contributed by atoms with van der Waals surface area (Å²) in [6.45, 7) is 3.57. The van der Waals surface area contributed by atoms with Gasteiger partial charge in [0.05, 0.1) is 25.2 Å². The van der Waals surface area contributed by atoms with Gasteiger partial charge in [0.1, 0.15) is 72.2 Å². The molecule has 1 aromatic heterocycles. The summed E-state index contributed by atoms with van der Waals surface area (Å²) in [4.78, 5) is 195. The van der Waals surface area contributed by atoms with Crippen LogP contribution >= 0.6 is 21.6 Å². The van der Waals surface area contributed by atoms with Crippen molar-refractivity contribution in [3.63, 3.8) is 0 Å². The topological polar surface area (TPSA) is 527 Å². The standard InChI is InChI=1S/C77H98N16O17S2/c1-42(2)80-36-48-23-21-47(22-24-48)33-57-72(104)93-65(43(3)95)76(108)88-56(32-45-16-8-5-9-17-45)69(101)89-60-38-82-64(97)35-59(71(103)84-55(31-44-14-6-4-7-15-44)68(100)86-58(70(102)85-57)34-49-37-81-53-19-11-10-18-51(49)53)87-67(99)54(20-12-13-29-78)83-75(107)62(91-66(98)52(79)30-46-25-27-50(96)28-26-46)40-111-112-41-63(77(109)110)92-74(106)61(39-94)90-73(60)105/h4-11,14-19,21-28,37,42-43,52,54-63,65,80-81,94-96H,12-13,20,29-36,38-41,78-79H2,1-3H3,(H,82,97)(H,83,107)(H,84,103)(H,85,102)(H,86,100)(H,87,99)(H,88,108)(H,89,101)(H,90,105)(H,91,98)(H,92,106)(H,93,104)(H,109,110)/t43-,52+,54+,55+,56+,57+,58-,59+,60+,61+,62+,63+,65+/m1/s1. The zero-order chi connectivity index (χ0) is 81.0. The Morgan fingerprint density at radius 3 is 1.62 bits per heavy atom. The molecule has 35 heteroatoms. The number of nitrogens with one attached hydrogen (secondary N) is 14. The highest BCUT2D eigenvalue weighted by Crippen LogP contribution is 2.25. The Morgan fingerprint density at radius 1 is 0.527 bits per heavy atom. The van der Waals surface area contributed by atoms with Crippen molar-refractivity contribution in [2.24, 2.45) is 11.5 Å². The number of amides is 12. The Balaban J connectivity index is 1.26. The molecule has 8 rings (SSSR count). The second-order valence-electron chi connectivity index (χ2n) is 27.7. The number of aromatic nitrogens is 1. The van der Waals surface area contributed by atoms with Crippen LogP contribution in [0.4, 0.5) is 0 Å². The number of aromatic hydroxyl groups is 1. The van der Waals surface area contributed by atoms with Crippen LogP contribution in [-0.2, 0) is 101 Å². The number of benzene rings is 5. The number of nitrogens with two attached hydrogens (primary N) is 2. The summed E-state index contributed by atoms with van der Waals surface area (Å²) in [7, 11) is 1.65. The van der Waals surface area contributed by atoms with Crippen molar-refractivity contribution >= 4 is 109 Å². The van der Waals surface area contributed by atoms with Gasteiger partial charge in [-0.2, -0.15) is 0 Å². The summed E-state index contributed by atoms with van der Waals surface area (Å²) in [6.07, 6.45) is -2.25. The van der Waals surface area contributed by atoms with Crippen molar-refractivity contribution in [2.45, 2.75) is 170 Å². The molecule has 12 amide bonds. The molecule has 22 N–H and O–H groups in total. The van der Waals surface area contributed by atoms with Crippen molar-refractivity contribution in [2.75, 3.05) is 31.2 Å². The number of aliphatic hydroxyl groups is 2.